The van der Waals surface area contributed by atoms with E-state index in [2.05, 4.69) is 38.2 Å². The predicted molar refractivity (Wildman–Crippen MR) is 65.9 cm³/mol. The van der Waals surface area contributed by atoms with Gasteiger partial charge in [0.2, 0.25) is 0 Å². The van der Waals surface area contributed by atoms with Gasteiger partial charge in [-0.05, 0) is 31.9 Å². The molecule has 76 valence electrons. The molecule has 1 rings (SSSR count). The van der Waals surface area contributed by atoms with Crippen molar-refractivity contribution in [1.29, 1.82) is 0 Å². The van der Waals surface area contributed by atoms with Crippen molar-refractivity contribution >= 4 is 22.9 Å². The second-order valence-corrected chi connectivity index (χ2v) is 4.12. The van der Waals surface area contributed by atoms with Crippen molar-refractivity contribution in [1.82, 2.24) is 0 Å². The van der Waals surface area contributed by atoms with Crippen molar-refractivity contribution in [2.75, 3.05) is 11.9 Å². The van der Waals surface area contributed by atoms with E-state index in [4.69, 9.17) is 18.0 Å². The van der Waals surface area contributed by atoms with Gasteiger partial charge < -0.3 is 11.1 Å². The molecule has 0 saturated heterocycles. The van der Waals surface area contributed by atoms with Gasteiger partial charge in [-0.1, -0.05) is 29.9 Å². The molecule has 1 aromatic carbocycles. The minimum atomic E-state index is 0.490. The van der Waals surface area contributed by atoms with E-state index in [-0.39, 0.29) is 0 Å². The predicted octanol–water partition coefficient (Wildman–Crippen LogP) is 2.31. The number of anilines is 1. The highest BCUT2D eigenvalue weighted by Gasteiger charge is 2.02. The molecule has 0 heterocycles. The number of hydrogen-bond acceptors (Lipinski definition) is 2. The number of hydrogen-bond donors (Lipinski definition) is 2. The van der Waals surface area contributed by atoms with Crippen LogP contribution in [0.4, 0.5) is 5.69 Å². The van der Waals surface area contributed by atoms with E-state index in [1.54, 1.807) is 0 Å². The molecule has 0 radical (unpaired) electrons. The van der Waals surface area contributed by atoms with E-state index in [0.29, 0.717) is 11.5 Å². The second-order valence-electron chi connectivity index (χ2n) is 3.59. The molecule has 0 amide bonds. The van der Waals surface area contributed by atoms with Crippen molar-refractivity contribution in [2.45, 2.75) is 20.8 Å². The van der Waals surface area contributed by atoms with Gasteiger partial charge in [0.15, 0.2) is 0 Å². The fraction of sp³-hybridized carbons (Fsp3) is 0.364. The Morgan fingerprint density at radius 3 is 2.21 bits per heavy atom. The zero-order chi connectivity index (χ0) is 10.7. The smallest absolute Gasteiger partial charge is 0.0921 e. The number of aryl methyl sites for hydroxylation is 3. The van der Waals surface area contributed by atoms with Gasteiger partial charge in [0.05, 0.1) is 11.5 Å². The molecular formula is C11H16N2S. The highest BCUT2D eigenvalue weighted by Crippen LogP contribution is 2.21. The quantitative estimate of drug-likeness (QED) is 0.749. The zero-order valence-corrected chi connectivity index (χ0v) is 9.66. The molecule has 0 spiro atoms. The number of nitrogens with two attached hydrogens (primary N) is 1. The number of nitrogens with one attached hydrogen (secondary N) is 1. The molecule has 0 atom stereocenters. The molecule has 14 heavy (non-hydrogen) atoms. The summed E-state index contributed by atoms with van der Waals surface area (Å²) in [5.74, 6) is 0. The Morgan fingerprint density at radius 1 is 1.29 bits per heavy atom. The summed E-state index contributed by atoms with van der Waals surface area (Å²) in [5, 5.41) is 3.24. The minimum absolute atomic E-state index is 0.490. The van der Waals surface area contributed by atoms with E-state index in [1.165, 1.54) is 16.7 Å². The highest BCUT2D eigenvalue weighted by atomic mass is 32.1. The molecular weight excluding hydrogens is 192 g/mol. The molecule has 0 unspecified atom stereocenters. The van der Waals surface area contributed by atoms with Crippen LogP contribution < -0.4 is 11.1 Å². The lowest BCUT2D eigenvalue weighted by Gasteiger charge is -2.13. The van der Waals surface area contributed by atoms with E-state index in [9.17, 15) is 0 Å². The molecule has 0 saturated carbocycles. The van der Waals surface area contributed by atoms with Crippen molar-refractivity contribution in [3.05, 3.63) is 28.8 Å². The normalized spacial score (nSPS) is 9.93. The van der Waals surface area contributed by atoms with Crippen LogP contribution in [-0.4, -0.2) is 11.5 Å². The van der Waals surface area contributed by atoms with Crippen LogP contribution in [0.25, 0.3) is 0 Å². The minimum Gasteiger partial charge on any atom is -0.392 e. The summed E-state index contributed by atoms with van der Waals surface area (Å²) in [5.41, 5.74) is 10.3. The number of thiocarbonyl (C=S) groups is 1. The first-order valence-electron chi connectivity index (χ1n) is 4.60. The van der Waals surface area contributed by atoms with Gasteiger partial charge in [-0.2, -0.15) is 0 Å². The van der Waals surface area contributed by atoms with E-state index in [0.717, 1.165) is 5.69 Å². The number of rotatable bonds is 3. The molecule has 1 aromatic rings. The molecule has 0 bridgehead atoms. The fourth-order valence-electron chi connectivity index (χ4n) is 1.63. The maximum Gasteiger partial charge on any atom is 0.0921 e. The molecule has 0 aliphatic heterocycles. The van der Waals surface area contributed by atoms with Gasteiger partial charge >= 0.3 is 0 Å². The lowest BCUT2D eigenvalue weighted by atomic mass is 10.1. The lowest BCUT2D eigenvalue weighted by Crippen LogP contribution is -2.20. The van der Waals surface area contributed by atoms with Gasteiger partial charge in [0.1, 0.15) is 0 Å². The van der Waals surface area contributed by atoms with Crippen LogP contribution in [0.15, 0.2) is 12.1 Å². The van der Waals surface area contributed by atoms with Gasteiger partial charge in [-0.15, -0.1) is 0 Å². The van der Waals surface area contributed by atoms with Gasteiger partial charge in [0, 0.05) is 5.69 Å². The molecule has 3 heteroatoms. The van der Waals surface area contributed by atoms with E-state index < -0.39 is 0 Å². The molecule has 0 fully saturated rings. The first-order chi connectivity index (χ1) is 6.50. The maximum absolute atomic E-state index is 5.44. The van der Waals surface area contributed by atoms with Gasteiger partial charge in [-0.25, -0.2) is 0 Å². The summed E-state index contributed by atoms with van der Waals surface area (Å²) in [6, 6.07) is 4.30. The summed E-state index contributed by atoms with van der Waals surface area (Å²) >= 11 is 4.82. The Balaban J connectivity index is 2.91. The standard InChI is InChI=1S/C11H16N2S/c1-7-4-8(2)11(9(3)5-7)13-6-10(12)14/h4-5,13H,6H2,1-3H3,(H2,12,14). The third kappa shape index (κ3) is 2.70. The summed E-state index contributed by atoms with van der Waals surface area (Å²) in [7, 11) is 0. The first kappa shape index (κ1) is 11.0. The van der Waals surface area contributed by atoms with Crippen LogP contribution >= 0.6 is 12.2 Å². The van der Waals surface area contributed by atoms with Crippen LogP contribution in [0.1, 0.15) is 16.7 Å². The Hall–Kier alpha value is -1.09. The first-order valence-corrected chi connectivity index (χ1v) is 5.01. The second kappa shape index (κ2) is 4.42. The summed E-state index contributed by atoms with van der Waals surface area (Å²) in [6.45, 7) is 6.82. The van der Waals surface area contributed by atoms with Crippen molar-refractivity contribution in [3.8, 4) is 0 Å². The van der Waals surface area contributed by atoms with Crippen molar-refractivity contribution in [2.24, 2.45) is 5.73 Å². The Labute approximate surface area is 90.5 Å². The molecule has 0 aromatic heterocycles. The Kier molecular flexibility index (Phi) is 3.47. The lowest BCUT2D eigenvalue weighted by molar-refractivity contribution is 1.27. The monoisotopic (exact) mass is 208 g/mol. The van der Waals surface area contributed by atoms with Gasteiger partial charge in [0.25, 0.3) is 0 Å². The van der Waals surface area contributed by atoms with Crippen molar-refractivity contribution in [3.63, 3.8) is 0 Å². The Bertz CT molecular complexity index is 335. The van der Waals surface area contributed by atoms with Gasteiger partial charge in [-0.3, -0.25) is 0 Å². The van der Waals surface area contributed by atoms with Crippen LogP contribution in [0.5, 0.6) is 0 Å². The van der Waals surface area contributed by atoms with E-state index in [1.807, 2.05) is 0 Å². The summed E-state index contributed by atoms with van der Waals surface area (Å²) in [6.07, 6.45) is 0. The van der Waals surface area contributed by atoms with E-state index >= 15 is 0 Å². The summed E-state index contributed by atoms with van der Waals surface area (Å²) in [4.78, 5) is 0.490. The topological polar surface area (TPSA) is 38.0 Å². The zero-order valence-electron chi connectivity index (χ0n) is 8.85. The molecule has 2 nitrogen and oxygen atoms in total. The van der Waals surface area contributed by atoms with Crippen LogP contribution in [0, 0.1) is 20.8 Å². The Morgan fingerprint density at radius 2 is 1.79 bits per heavy atom. The molecule has 3 N–H and O–H groups in total. The highest BCUT2D eigenvalue weighted by molar-refractivity contribution is 7.80. The average molecular weight is 208 g/mol. The van der Waals surface area contributed by atoms with Crippen LogP contribution in [-0.2, 0) is 0 Å². The van der Waals surface area contributed by atoms with Crippen molar-refractivity contribution < 1.29 is 0 Å². The van der Waals surface area contributed by atoms with Crippen LogP contribution in [0.3, 0.4) is 0 Å². The average Bonchev–Trinajstić information content (AvgIpc) is 2.01. The third-order valence-electron chi connectivity index (χ3n) is 2.12. The molecule has 0 aliphatic carbocycles. The summed E-state index contributed by atoms with van der Waals surface area (Å²) < 4.78 is 0. The third-order valence-corrected chi connectivity index (χ3v) is 2.26. The van der Waals surface area contributed by atoms with Crippen LogP contribution in [0.2, 0.25) is 0 Å². The fourth-order valence-corrected chi connectivity index (χ4v) is 1.71. The number of benzene rings is 1. The largest absolute Gasteiger partial charge is 0.392 e. The SMILES string of the molecule is Cc1cc(C)c(NCC(N)=S)c(C)c1. The maximum atomic E-state index is 5.44. The molecule has 0 aliphatic rings.